The smallest absolute Gasteiger partial charge is 0.141 e. The Morgan fingerprint density at radius 3 is 2.79 bits per heavy atom. The quantitative estimate of drug-likeness (QED) is 0.793. The Labute approximate surface area is 84.3 Å². The number of anilines is 1. The molecule has 0 aliphatic heterocycles. The van der Waals surface area contributed by atoms with Gasteiger partial charge in [-0.3, -0.25) is 0 Å². The van der Waals surface area contributed by atoms with Gasteiger partial charge in [-0.05, 0) is 18.6 Å². The number of ether oxygens (including phenoxy) is 1. The van der Waals surface area contributed by atoms with E-state index in [0.29, 0.717) is 0 Å². The number of nitrogens with zero attached hydrogens (tertiary/aromatic N) is 1. The third-order valence-electron chi connectivity index (χ3n) is 2.00. The number of hydrogen-bond donors (Lipinski definition) is 1. The van der Waals surface area contributed by atoms with E-state index < -0.39 is 0 Å². The van der Waals surface area contributed by atoms with Crippen LogP contribution in [0.4, 0.5) is 5.69 Å². The summed E-state index contributed by atoms with van der Waals surface area (Å²) in [7, 11) is 1.62. The topological polar surface area (TPSA) is 45.0 Å². The number of hydrogen-bond acceptors (Lipinski definition) is 3. The van der Waals surface area contributed by atoms with Crippen LogP contribution in [0.15, 0.2) is 24.3 Å². The average Bonchev–Trinajstić information content (AvgIpc) is 2.26. The first-order chi connectivity index (χ1) is 6.81. The van der Waals surface area contributed by atoms with Crippen molar-refractivity contribution in [1.29, 1.82) is 5.26 Å². The zero-order valence-electron chi connectivity index (χ0n) is 8.45. The van der Waals surface area contributed by atoms with Crippen LogP contribution in [-0.2, 0) is 0 Å². The van der Waals surface area contributed by atoms with Crippen LogP contribution in [0.3, 0.4) is 0 Å². The number of para-hydroxylation sites is 2. The minimum Gasteiger partial charge on any atom is -0.495 e. The lowest BCUT2D eigenvalue weighted by atomic mass is 10.2. The summed E-state index contributed by atoms with van der Waals surface area (Å²) in [5.41, 5.74) is 0.864. The largest absolute Gasteiger partial charge is 0.495 e. The van der Waals surface area contributed by atoms with Crippen LogP contribution in [-0.4, -0.2) is 13.2 Å². The molecule has 0 saturated carbocycles. The van der Waals surface area contributed by atoms with E-state index in [1.54, 1.807) is 7.11 Å². The van der Waals surface area contributed by atoms with Gasteiger partial charge in [-0.25, -0.2) is 0 Å². The molecule has 0 spiro atoms. The third kappa shape index (κ3) is 2.40. The van der Waals surface area contributed by atoms with Gasteiger partial charge in [0, 0.05) is 0 Å². The van der Waals surface area contributed by atoms with E-state index in [0.717, 1.165) is 17.9 Å². The molecule has 0 aliphatic carbocycles. The monoisotopic (exact) mass is 190 g/mol. The Hall–Kier alpha value is -1.69. The van der Waals surface area contributed by atoms with Crippen molar-refractivity contribution < 1.29 is 4.74 Å². The van der Waals surface area contributed by atoms with Crippen molar-refractivity contribution in [2.45, 2.75) is 19.4 Å². The molecule has 0 heterocycles. The first-order valence-electron chi connectivity index (χ1n) is 4.61. The van der Waals surface area contributed by atoms with E-state index in [9.17, 15) is 0 Å². The minimum absolute atomic E-state index is 0.161. The summed E-state index contributed by atoms with van der Waals surface area (Å²) in [6, 6.07) is 9.60. The summed E-state index contributed by atoms with van der Waals surface area (Å²) in [5.74, 6) is 0.765. The molecule has 1 aromatic carbocycles. The normalized spacial score (nSPS) is 11.5. The van der Waals surface area contributed by atoms with Crippen molar-refractivity contribution in [3.8, 4) is 11.8 Å². The van der Waals surface area contributed by atoms with E-state index >= 15 is 0 Å². The molecule has 1 unspecified atom stereocenters. The third-order valence-corrected chi connectivity index (χ3v) is 2.00. The molecule has 14 heavy (non-hydrogen) atoms. The van der Waals surface area contributed by atoms with E-state index in [1.165, 1.54) is 0 Å². The second-order valence-corrected chi connectivity index (χ2v) is 2.93. The molecule has 1 atom stereocenters. The van der Waals surface area contributed by atoms with Gasteiger partial charge in [0.2, 0.25) is 0 Å². The first-order valence-corrected chi connectivity index (χ1v) is 4.61. The van der Waals surface area contributed by atoms with Crippen molar-refractivity contribution in [3.05, 3.63) is 24.3 Å². The predicted molar refractivity (Wildman–Crippen MR) is 56.3 cm³/mol. The number of nitriles is 1. The molecule has 3 heteroatoms. The number of nitrogens with one attached hydrogen (secondary N) is 1. The Morgan fingerprint density at radius 1 is 1.50 bits per heavy atom. The Bertz CT molecular complexity index is 330. The zero-order valence-corrected chi connectivity index (χ0v) is 8.45. The highest BCUT2D eigenvalue weighted by Crippen LogP contribution is 2.23. The van der Waals surface area contributed by atoms with E-state index in [4.69, 9.17) is 10.00 Å². The lowest BCUT2D eigenvalue weighted by Gasteiger charge is -2.13. The summed E-state index contributed by atoms with van der Waals surface area (Å²) >= 11 is 0. The standard InChI is InChI=1S/C11H14N2O/c1-3-9(8-12)13-10-6-4-5-7-11(10)14-2/h4-7,9,13H,3H2,1-2H3. The van der Waals surface area contributed by atoms with Crippen molar-refractivity contribution in [2.24, 2.45) is 0 Å². The molecule has 0 bridgehead atoms. The SMILES string of the molecule is CCC(C#N)Nc1ccccc1OC. The average molecular weight is 190 g/mol. The number of methoxy groups -OCH3 is 1. The second kappa shape index (κ2) is 5.13. The molecular weight excluding hydrogens is 176 g/mol. The highest BCUT2D eigenvalue weighted by atomic mass is 16.5. The maximum atomic E-state index is 8.80. The van der Waals surface area contributed by atoms with Crippen LogP contribution in [0.2, 0.25) is 0 Å². The molecule has 0 fully saturated rings. The molecular formula is C11H14N2O. The van der Waals surface area contributed by atoms with Crippen LogP contribution < -0.4 is 10.1 Å². The number of benzene rings is 1. The van der Waals surface area contributed by atoms with E-state index in [2.05, 4.69) is 11.4 Å². The molecule has 0 aliphatic rings. The maximum Gasteiger partial charge on any atom is 0.141 e. The lowest BCUT2D eigenvalue weighted by Crippen LogP contribution is -2.16. The van der Waals surface area contributed by atoms with Crippen molar-refractivity contribution in [3.63, 3.8) is 0 Å². The van der Waals surface area contributed by atoms with Gasteiger partial charge in [-0.15, -0.1) is 0 Å². The van der Waals surface area contributed by atoms with E-state index in [1.807, 2.05) is 31.2 Å². The first kappa shape index (κ1) is 10.4. The molecule has 0 saturated heterocycles. The summed E-state index contributed by atoms with van der Waals surface area (Å²) in [5, 5.41) is 11.9. The van der Waals surface area contributed by atoms with E-state index in [-0.39, 0.29) is 6.04 Å². The van der Waals surface area contributed by atoms with Crippen LogP contribution >= 0.6 is 0 Å². The lowest BCUT2D eigenvalue weighted by molar-refractivity contribution is 0.416. The fourth-order valence-corrected chi connectivity index (χ4v) is 1.18. The van der Waals surface area contributed by atoms with Crippen molar-refractivity contribution in [2.75, 3.05) is 12.4 Å². The predicted octanol–water partition coefficient (Wildman–Crippen LogP) is 2.41. The maximum absolute atomic E-state index is 8.80. The fraction of sp³-hybridized carbons (Fsp3) is 0.364. The highest BCUT2D eigenvalue weighted by Gasteiger charge is 2.06. The van der Waals surface area contributed by atoms with Crippen molar-refractivity contribution >= 4 is 5.69 Å². The Balaban J connectivity index is 2.80. The van der Waals surface area contributed by atoms with Gasteiger partial charge in [-0.1, -0.05) is 19.1 Å². The van der Waals surface area contributed by atoms with Gasteiger partial charge >= 0.3 is 0 Å². The van der Waals surface area contributed by atoms with Gasteiger partial charge in [0.05, 0.1) is 18.9 Å². The minimum atomic E-state index is -0.161. The Kier molecular flexibility index (Phi) is 3.81. The van der Waals surface area contributed by atoms with Crippen LogP contribution in [0, 0.1) is 11.3 Å². The molecule has 1 rings (SSSR count). The molecule has 1 N–H and O–H groups in total. The van der Waals surface area contributed by atoms with Gasteiger partial charge in [0.15, 0.2) is 0 Å². The molecule has 0 radical (unpaired) electrons. The highest BCUT2D eigenvalue weighted by molar-refractivity contribution is 5.57. The van der Waals surface area contributed by atoms with Gasteiger partial charge in [0.1, 0.15) is 11.8 Å². The molecule has 74 valence electrons. The van der Waals surface area contributed by atoms with Crippen LogP contribution in [0.5, 0.6) is 5.75 Å². The van der Waals surface area contributed by atoms with Gasteiger partial charge in [-0.2, -0.15) is 5.26 Å². The zero-order chi connectivity index (χ0) is 10.4. The summed E-state index contributed by atoms with van der Waals surface area (Å²) in [4.78, 5) is 0. The molecule has 1 aromatic rings. The summed E-state index contributed by atoms with van der Waals surface area (Å²) in [6.07, 6.45) is 0.772. The van der Waals surface area contributed by atoms with Crippen LogP contribution in [0.1, 0.15) is 13.3 Å². The summed E-state index contributed by atoms with van der Waals surface area (Å²) < 4.78 is 5.16. The Morgan fingerprint density at radius 2 is 2.21 bits per heavy atom. The fourth-order valence-electron chi connectivity index (χ4n) is 1.18. The van der Waals surface area contributed by atoms with Gasteiger partial charge in [0.25, 0.3) is 0 Å². The van der Waals surface area contributed by atoms with Gasteiger partial charge < -0.3 is 10.1 Å². The van der Waals surface area contributed by atoms with Crippen molar-refractivity contribution in [1.82, 2.24) is 0 Å². The number of rotatable bonds is 4. The molecule has 0 amide bonds. The second-order valence-electron chi connectivity index (χ2n) is 2.93. The summed E-state index contributed by atoms with van der Waals surface area (Å²) in [6.45, 7) is 1.97. The van der Waals surface area contributed by atoms with Crippen LogP contribution in [0.25, 0.3) is 0 Å². The molecule has 0 aromatic heterocycles. The molecule has 3 nitrogen and oxygen atoms in total.